The summed E-state index contributed by atoms with van der Waals surface area (Å²) in [5.41, 5.74) is 1.61. The summed E-state index contributed by atoms with van der Waals surface area (Å²) in [7, 11) is 0. The van der Waals surface area contributed by atoms with E-state index in [1.54, 1.807) is 18.3 Å². The van der Waals surface area contributed by atoms with Crippen molar-refractivity contribution < 1.29 is 5.11 Å². The first-order chi connectivity index (χ1) is 5.74. The van der Waals surface area contributed by atoms with Crippen molar-refractivity contribution in [2.75, 3.05) is 0 Å². The second kappa shape index (κ2) is 3.84. The van der Waals surface area contributed by atoms with Gasteiger partial charge < -0.3 is 5.11 Å². The lowest BCUT2D eigenvalue weighted by Crippen LogP contribution is -1.96. The summed E-state index contributed by atoms with van der Waals surface area (Å²) in [6.07, 6.45) is 1.08. The number of aromatic nitrogens is 1. The molecule has 0 fully saturated rings. The normalized spacial score (nSPS) is 12.1. The van der Waals surface area contributed by atoms with Gasteiger partial charge in [0.1, 0.15) is 0 Å². The quantitative estimate of drug-likeness (QED) is 0.713. The van der Waals surface area contributed by atoms with Crippen LogP contribution >= 0.6 is 0 Å². The van der Waals surface area contributed by atoms with Crippen LogP contribution in [0.3, 0.4) is 0 Å². The van der Waals surface area contributed by atoms with Gasteiger partial charge in [0.2, 0.25) is 0 Å². The summed E-state index contributed by atoms with van der Waals surface area (Å²) in [5, 5.41) is 17.7. The smallest absolute Gasteiger partial charge is 0.0921 e. The van der Waals surface area contributed by atoms with E-state index < -0.39 is 6.10 Å². The van der Waals surface area contributed by atoms with Crippen LogP contribution in [0.5, 0.6) is 0 Å². The van der Waals surface area contributed by atoms with Gasteiger partial charge in [0, 0.05) is 11.9 Å². The Kier molecular flexibility index (Phi) is 2.78. The first kappa shape index (κ1) is 8.69. The minimum atomic E-state index is -0.684. The Bertz CT molecular complexity index is 304. The fraction of sp³-hybridized carbons (Fsp3) is 0.333. The molecule has 1 heterocycles. The summed E-state index contributed by atoms with van der Waals surface area (Å²) in [6, 6.07) is 5.41. The maximum Gasteiger partial charge on any atom is 0.0921 e. The van der Waals surface area contributed by atoms with Gasteiger partial charge in [-0.3, -0.25) is 4.98 Å². The lowest BCUT2D eigenvalue weighted by Gasteiger charge is -2.05. The minimum absolute atomic E-state index is 0.128. The fourth-order valence-electron chi connectivity index (χ4n) is 0.979. The molecule has 0 amide bonds. The SMILES string of the molecule is Cc1cc(C(O)CC#N)ccn1. The van der Waals surface area contributed by atoms with E-state index in [-0.39, 0.29) is 6.42 Å². The van der Waals surface area contributed by atoms with E-state index in [4.69, 9.17) is 5.26 Å². The molecule has 0 bridgehead atoms. The van der Waals surface area contributed by atoms with Crippen molar-refractivity contribution >= 4 is 0 Å². The van der Waals surface area contributed by atoms with E-state index >= 15 is 0 Å². The third-order valence-corrected chi connectivity index (χ3v) is 1.59. The average molecular weight is 162 g/mol. The first-order valence-electron chi connectivity index (χ1n) is 3.71. The summed E-state index contributed by atoms with van der Waals surface area (Å²) >= 11 is 0. The number of aliphatic hydroxyl groups is 1. The Labute approximate surface area is 71.3 Å². The Balaban J connectivity index is 2.82. The molecule has 0 aliphatic rings. The molecule has 3 heteroatoms. The average Bonchev–Trinajstić information content (AvgIpc) is 2.05. The summed E-state index contributed by atoms with van der Waals surface area (Å²) in [5.74, 6) is 0. The maximum absolute atomic E-state index is 9.39. The Morgan fingerprint density at radius 1 is 1.75 bits per heavy atom. The number of hydrogen-bond acceptors (Lipinski definition) is 3. The van der Waals surface area contributed by atoms with Crippen molar-refractivity contribution in [1.82, 2.24) is 4.98 Å². The van der Waals surface area contributed by atoms with Crippen molar-refractivity contribution in [3.8, 4) is 6.07 Å². The van der Waals surface area contributed by atoms with Crippen LogP contribution in [0.15, 0.2) is 18.3 Å². The molecular weight excluding hydrogens is 152 g/mol. The molecule has 1 atom stereocenters. The molecule has 0 aliphatic carbocycles. The van der Waals surface area contributed by atoms with Crippen molar-refractivity contribution in [2.45, 2.75) is 19.4 Å². The van der Waals surface area contributed by atoms with Gasteiger partial charge in [0.15, 0.2) is 0 Å². The zero-order chi connectivity index (χ0) is 8.97. The topological polar surface area (TPSA) is 56.9 Å². The molecule has 62 valence electrons. The van der Waals surface area contributed by atoms with E-state index in [9.17, 15) is 5.11 Å². The van der Waals surface area contributed by atoms with Gasteiger partial charge in [0.05, 0.1) is 18.6 Å². The molecule has 0 saturated heterocycles. The minimum Gasteiger partial charge on any atom is -0.387 e. The van der Waals surface area contributed by atoms with Crippen LogP contribution in [-0.2, 0) is 0 Å². The lowest BCUT2D eigenvalue weighted by atomic mass is 10.1. The van der Waals surface area contributed by atoms with Gasteiger partial charge in [-0.25, -0.2) is 0 Å². The van der Waals surface area contributed by atoms with Crippen molar-refractivity contribution in [2.24, 2.45) is 0 Å². The highest BCUT2D eigenvalue weighted by Crippen LogP contribution is 2.15. The molecule has 0 aliphatic heterocycles. The summed E-state index contributed by atoms with van der Waals surface area (Å²) in [6.45, 7) is 1.85. The van der Waals surface area contributed by atoms with Gasteiger partial charge in [0.25, 0.3) is 0 Å². The van der Waals surface area contributed by atoms with Gasteiger partial charge in [-0.15, -0.1) is 0 Å². The van der Waals surface area contributed by atoms with Crippen LogP contribution in [0.2, 0.25) is 0 Å². The molecule has 0 aromatic carbocycles. The number of pyridine rings is 1. The lowest BCUT2D eigenvalue weighted by molar-refractivity contribution is 0.183. The fourth-order valence-corrected chi connectivity index (χ4v) is 0.979. The molecular formula is C9H10N2O. The molecule has 0 spiro atoms. The highest BCUT2D eigenvalue weighted by molar-refractivity contribution is 5.18. The third-order valence-electron chi connectivity index (χ3n) is 1.59. The monoisotopic (exact) mass is 162 g/mol. The van der Waals surface area contributed by atoms with Crippen molar-refractivity contribution in [3.05, 3.63) is 29.6 Å². The van der Waals surface area contributed by atoms with E-state index in [1.165, 1.54) is 0 Å². The molecule has 1 rings (SSSR count). The zero-order valence-corrected chi connectivity index (χ0v) is 6.86. The van der Waals surface area contributed by atoms with Crippen LogP contribution < -0.4 is 0 Å². The Morgan fingerprint density at radius 2 is 2.50 bits per heavy atom. The molecule has 12 heavy (non-hydrogen) atoms. The van der Waals surface area contributed by atoms with E-state index in [0.717, 1.165) is 11.3 Å². The Morgan fingerprint density at radius 3 is 3.08 bits per heavy atom. The van der Waals surface area contributed by atoms with Crippen LogP contribution in [-0.4, -0.2) is 10.1 Å². The van der Waals surface area contributed by atoms with Crippen molar-refractivity contribution in [1.29, 1.82) is 5.26 Å². The zero-order valence-electron chi connectivity index (χ0n) is 6.86. The predicted molar refractivity (Wildman–Crippen MR) is 44.2 cm³/mol. The van der Waals surface area contributed by atoms with Crippen molar-refractivity contribution in [3.63, 3.8) is 0 Å². The molecule has 3 nitrogen and oxygen atoms in total. The molecule has 1 unspecified atom stereocenters. The standard InChI is InChI=1S/C9H10N2O/c1-7-6-8(3-5-11-7)9(12)2-4-10/h3,5-6,9,12H,2H2,1H3. The van der Waals surface area contributed by atoms with E-state index in [0.29, 0.717) is 0 Å². The number of aliphatic hydroxyl groups excluding tert-OH is 1. The molecule has 0 saturated carbocycles. The third kappa shape index (κ3) is 2.04. The van der Waals surface area contributed by atoms with Crippen LogP contribution in [0, 0.1) is 18.3 Å². The van der Waals surface area contributed by atoms with Crippen LogP contribution in [0.4, 0.5) is 0 Å². The van der Waals surface area contributed by atoms with Crippen LogP contribution in [0.25, 0.3) is 0 Å². The maximum atomic E-state index is 9.39. The highest BCUT2D eigenvalue weighted by Gasteiger charge is 2.05. The van der Waals surface area contributed by atoms with E-state index in [2.05, 4.69) is 4.98 Å². The van der Waals surface area contributed by atoms with Gasteiger partial charge >= 0.3 is 0 Å². The second-order valence-corrected chi connectivity index (χ2v) is 2.61. The number of aryl methyl sites for hydroxylation is 1. The van der Waals surface area contributed by atoms with E-state index in [1.807, 2.05) is 13.0 Å². The Hall–Kier alpha value is -1.40. The van der Waals surface area contributed by atoms with Gasteiger partial charge in [-0.1, -0.05) is 0 Å². The number of nitrogens with zero attached hydrogens (tertiary/aromatic N) is 2. The second-order valence-electron chi connectivity index (χ2n) is 2.61. The summed E-state index contributed by atoms with van der Waals surface area (Å²) < 4.78 is 0. The predicted octanol–water partition coefficient (Wildman–Crippen LogP) is 1.34. The number of nitriles is 1. The van der Waals surface area contributed by atoms with Crippen LogP contribution in [0.1, 0.15) is 23.8 Å². The molecule has 1 aromatic heterocycles. The molecule has 1 N–H and O–H groups in total. The summed E-state index contributed by atoms with van der Waals surface area (Å²) in [4.78, 5) is 3.99. The first-order valence-corrected chi connectivity index (χ1v) is 3.71. The molecule has 1 aromatic rings. The van der Waals surface area contributed by atoms with Gasteiger partial charge in [-0.05, 0) is 24.6 Å². The van der Waals surface area contributed by atoms with Gasteiger partial charge in [-0.2, -0.15) is 5.26 Å². The number of rotatable bonds is 2. The highest BCUT2D eigenvalue weighted by atomic mass is 16.3. The number of hydrogen-bond donors (Lipinski definition) is 1. The molecule has 0 radical (unpaired) electrons. The largest absolute Gasteiger partial charge is 0.387 e.